The van der Waals surface area contributed by atoms with Crippen molar-refractivity contribution in [2.24, 2.45) is 0 Å². The van der Waals surface area contributed by atoms with Gasteiger partial charge in [-0.1, -0.05) is 18.2 Å². The lowest BCUT2D eigenvalue weighted by Gasteiger charge is -2.15. The number of carbonyl (C=O) groups excluding carboxylic acids is 1. The number of hydrogen-bond donors (Lipinski definition) is 3. The lowest BCUT2D eigenvalue weighted by molar-refractivity contribution is 0.0696. The lowest BCUT2D eigenvalue weighted by Crippen LogP contribution is -2.13. The van der Waals surface area contributed by atoms with E-state index < -0.39 is 5.97 Å². The molecule has 0 fully saturated rings. The summed E-state index contributed by atoms with van der Waals surface area (Å²) < 4.78 is 19.8. The number of carboxylic acids is 1. The topological polar surface area (TPSA) is 113 Å². The Bertz CT molecular complexity index is 1770. The quantitative estimate of drug-likeness (QED) is 0.187. The predicted octanol–water partition coefficient (Wildman–Crippen LogP) is 7.23. The predicted molar refractivity (Wildman–Crippen MR) is 157 cm³/mol. The maximum atomic E-state index is 13.9. The van der Waals surface area contributed by atoms with Gasteiger partial charge in [0.1, 0.15) is 11.6 Å². The van der Waals surface area contributed by atoms with Crippen LogP contribution < -0.4 is 15.4 Å². The van der Waals surface area contributed by atoms with Gasteiger partial charge in [-0.3, -0.25) is 4.79 Å². The van der Waals surface area contributed by atoms with Crippen LogP contribution in [0.1, 0.15) is 40.1 Å². The smallest absolute Gasteiger partial charge is 0.335 e. The van der Waals surface area contributed by atoms with E-state index in [0.717, 1.165) is 22.1 Å². The molecular formula is C32H27FN4O4. The zero-order valence-corrected chi connectivity index (χ0v) is 22.6. The first kappa shape index (κ1) is 27.3. The number of aromatic nitrogens is 2. The van der Waals surface area contributed by atoms with Crippen LogP contribution in [0.2, 0.25) is 0 Å². The van der Waals surface area contributed by atoms with Crippen molar-refractivity contribution >= 4 is 40.1 Å². The van der Waals surface area contributed by atoms with Crippen molar-refractivity contribution in [2.75, 3.05) is 10.6 Å². The van der Waals surface area contributed by atoms with E-state index >= 15 is 0 Å². The van der Waals surface area contributed by atoms with Gasteiger partial charge in [0, 0.05) is 40.2 Å². The first-order valence-corrected chi connectivity index (χ1v) is 12.9. The van der Waals surface area contributed by atoms with Gasteiger partial charge in [0.05, 0.1) is 17.2 Å². The molecule has 1 amide bonds. The molecule has 3 N–H and O–H groups in total. The summed E-state index contributed by atoms with van der Waals surface area (Å²) in [5, 5.41) is 16.0. The van der Waals surface area contributed by atoms with Crippen molar-refractivity contribution in [3.63, 3.8) is 0 Å². The van der Waals surface area contributed by atoms with Gasteiger partial charge in [0.25, 0.3) is 5.91 Å². The average Bonchev–Trinajstić information content (AvgIpc) is 2.94. The molecule has 5 rings (SSSR count). The van der Waals surface area contributed by atoms with Gasteiger partial charge >= 0.3 is 5.97 Å². The van der Waals surface area contributed by atoms with Crippen LogP contribution in [0.4, 0.5) is 21.7 Å². The molecule has 0 unspecified atom stereocenters. The summed E-state index contributed by atoms with van der Waals surface area (Å²) in [5.74, 6) is -0.974. The van der Waals surface area contributed by atoms with E-state index in [1.54, 1.807) is 18.3 Å². The molecule has 4 aromatic carbocycles. The van der Waals surface area contributed by atoms with E-state index in [4.69, 9.17) is 9.84 Å². The van der Waals surface area contributed by atoms with Crippen molar-refractivity contribution in [3.8, 4) is 16.9 Å². The molecule has 0 spiro atoms. The molecular weight excluding hydrogens is 523 g/mol. The van der Waals surface area contributed by atoms with Crippen LogP contribution in [-0.2, 0) is 0 Å². The molecule has 41 heavy (non-hydrogen) atoms. The molecule has 206 valence electrons. The Morgan fingerprint density at radius 2 is 1.68 bits per heavy atom. The molecule has 0 bridgehead atoms. The zero-order valence-electron chi connectivity index (χ0n) is 22.6. The Morgan fingerprint density at radius 3 is 2.41 bits per heavy atom. The highest BCUT2D eigenvalue weighted by atomic mass is 19.1. The van der Waals surface area contributed by atoms with Crippen LogP contribution in [0.5, 0.6) is 5.75 Å². The summed E-state index contributed by atoms with van der Waals surface area (Å²) >= 11 is 0. The molecule has 5 aromatic rings. The normalized spacial score (nSPS) is 11.0. The summed E-state index contributed by atoms with van der Waals surface area (Å²) in [6, 6.07) is 21.4. The Hall–Kier alpha value is -5.31. The number of ether oxygens (including phenoxy) is 1. The number of fused-ring (bicyclic) bond motifs is 1. The summed E-state index contributed by atoms with van der Waals surface area (Å²) in [5.41, 5.74) is 4.80. The number of hydrogen-bond acceptors (Lipinski definition) is 6. The first-order chi connectivity index (χ1) is 19.7. The molecule has 1 aromatic heterocycles. The minimum absolute atomic E-state index is 0.105. The number of nitrogens with one attached hydrogen (secondary N) is 2. The SMILES string of the molecule is Cc1ccc(Nc2ncc3ccc(-c4ccc(F)cc4OC(C)C)cc3n2)cc1NC(=O)c1ccc(C(=O)O)cc1. The van der Waals surface area contributed by atoms with Crippen LogP contribution in [0.3, 0.4) is 0 Å². The fourth-order valence-electron chi connectivity index (χ4n) is 4.26. The number of anilines is 3. The second-order valence-corrected chi connectivity index (χ2v) is 9.77. The summed E-state index contributed by atoms with van der Waals surface area (Å²) in [4.78, 5) is 33.0. The number of aromatic carboxylic acids is 1. The van der Waals surface area contributed by atoms with E-state index in [9.17, 15) is 14.0 Å². The monoisotopic (exact) mass is 550 g/mol. The van der Waals surface area contributed by atoms with Crippen molar-refractivity contribution in [1.82, 2.24) is 9.97 Å². The van der Waals surface area contributed by atoms with Gasteiger partial charge in [-0.25, -0.2) is 19.2 Å². The maximum Gasteiger partial charge on any atom is 0.335 e. The molecule has 0 radical (unpaired) electrons. The number of nitrogens with zero attached hydrogens (tertiary/aromatic N) is 2. The molecule has 0 saturated carbocycles. The Morgan fingerprint density at radius 1 is 0.927 bits per heavy atom. The number of benzene rings is 4. The fourth-order valence-corrected chi connectivity index (χ4v) is 4.26. The van der Waals surface area contributed by atoms with E-state index in [-0.39, 0.29) is 23.4 Å². The standard InChI is InChI=1S/C32H27FN4O4/c1-18(2)41-29-15-24(33)11-13-26(29)22-9-10-23-17-34-32(37-28(23)14-22)35-25-12-4-19(3)27(16-25)36-30(38)20-5-7-21(8-6-20)31(39)40/h4-18H,1-3H3,(H,36,38)(H,39,40)(H,34,35,37). The largest absolute Gasteiger partial charge is 0.490 e. The number of rotatable bonds is 8. The molecule has 0 saturated heterocycles. The van der Waals surface area contributed by atoms with Crippen molar-refractivity contribution in [3.05, 3.63) is 108 Å². The first-order valence-electron chi connectivity index (χ1n) is 12.9. The Labute approximate surface area is 235 Å². The highest BCUT2D eigenvalue weighted by Gasteiger charge is 2.13. The van der Waals surface area contributed by atoms with Crippen molar-refractivity contribution < 1.29 is 23.8 Å². The van der Waals surface area contributed by atoms with Gasteiger partial charge in [-0.2, -0.15) is 0 Å². The molecule has 0 atom stereocenters. The molecule has 0 aliphatic rings. The van der Waals surface area contributed by atoms with Crippen molar-refractivity contribution in [2.45, 2.75) is 26.9 Å². The number of halogens is 1. The summed E-state index contributed by atoms with van der Waals surface area (Å²) in [6.45, 7) is 5.65. The molecule has 0 aliphatic carbocycles. The molecule has 8 nitrogen and oxygen atoms in total. The molecule has 1 heterocycles. The van der Waals surface area contributed by atoms with Crippen LogP contribution >= 0.6 is 0 Å². The lowest BCUT2D eigenvalue weighted by atomic mass is 10.0. The van der Waals surface area contributed by atoms with Gasteiger partial charge in [-0.05, 0) is 86.5 Å². The van der Waals surface area contributed by atoms with Gasteiger partial charge in [0.15, 0.2) is 0 Å². The van der Waals surface area contributed by atoms with E-state index in [1.165, 1.54) is 36.4 Å². The average molecular weight is 551 g/mol. The second kappa shape index (κ2) is 11.4. The third-order valence-electron chi connectivity index (χ3n) is 6.34. The molecule has 0 aliphatic heterocycles. The van der Waals surface area contributed by atoms with Crippen molar-refractivity contribution in [1.29, 1.82) is 0 Å². The highest BCUT2D eigenvalue weighted by Crippen LogP contribution is 2.33. The van der Waals surface area contributed by atoms with E-state index in [0.29, 0.717) is 34.2 Å². The van der Waals surface area contributed by atoms with Crippen LogP contribution in [0, 0.1) is 12.7 Å². The van der Waals surface area contributed by atoms with Crippen LogP contribution in [-0.4, -0.2) is 33.1 Å². The second-order valence-electron chi connectivity index (χ2n) is 9.77. The molecule has 9 heteroatoms. The van der Waals surface area contributed by atoms with Gasteiger partial charge < -0.3 is 20.5 Å². The Balaban J connectivity index is 1.38. The Kier molecular flexibility index (Phi) is 7.60. The summed E-state index contributed by atoms with van der Waals surface area (Å²) in [6.07, 6.45) is 1.60. The highest BCUT2D eigenvalue weighted by molar-refractivity contribution is 6.05. The maximum absolute atomic E-state index is 13.9. The van der Waals surface area contributed by atoms with Crippen LogP contribution in [0.25, 0.3) is 22.0 Å². The zero-order chi connectivity index (χ0) is 29.1. The number of carbonyl (C=O) groups is 2. The number of aryl methyl sites for hydroxylation is 1. The summed E-state index contributed by atoms with van der Waals surface area (Å²) in [7, 11) is 0. The van der Waals surface area contributed by atoms with Crippen LogP contribution in [0.15, 0.2) is 85.1 Å². The number of amides is 1. The fraction of sp³-hybridized carbons (Fsp3) is 0.125. The van der Waals surface area contributed by atoms with Gasteiger partial charge in [0.2, 0.25) is 5.95 Å². The van der Waals surface area contributed by atoms with E-state index in [2.05, 4.69) is 20.6 Å². The minimum atomic E-state index is -1.06. The third kappa shape index (κ3) is 6.30. The number of carboxylic acid groups (broad SMARTS) is 1. The minimum Gasteiger partial charge on any atom is -0.490 e. The van der Waals surface area contributed by atoms with Gasteiger partial charge in [-0.15, -0.1) is 0 Å². The van der Waals surface area contributed by atoms with E-state index in [1.807, 2.05) is 51.1 Å². The third-order valence-corrected chi connectivity index (χ3v) is 6.34.